The maximum Gasteiger partial charge on any atom is 0.221 e. The van der Waals surface area contributed by atoms with Gasteiger partial charge in [-0.05, 0) is 45.2 Å². The predicted molar refractivity (Wildman–Crippen MR) is 86.4 cm³/mol. The molecule has 1 aliphatic rings. The topological polar surface area (TPSA) is 53.6 Å². The minimum absolute atomic E-state index is 0.100. The first-order chi connectivity index (χ1) is 10.2. The van der Waals surface area contributed by atoms with Crippen LogP contribution in [0.25, 0.3) is 0 Å². The number of piperidine rings is 1. The number of hydrogen-bond acceptors (Lipinski definition) is 4. The van der Waals surface area contributed by atoms with E-state index in [1.54, 1.807) is 7.11 Å². The van der Waals surface area contributed by atoms with Crippen molar-refractivity contribution in [2.24, 2.45) is 5.92 Å². The molecule has 0 bridgehead atoms. The molecule has 124 valence electrons. The lowest BCUT2D eigenvalue weighted by atomic mass is 9.91. The lowest BCUT2D eigenvalue weighted by molar-refractivity contribution is -0.121. The standard InChI is InChI=1S/C16H33N3O2/c1-4-10-19-11-5-6-15(13-19)14(2)17-8-7-16(20)18-9-12-21-3/h14-15,17H,4-13H2,1-3H3,(H,18,20). The molecule has 0 aromatic rings. The molecule has 5 heteroatoms. The quantitative estimate of drug-likeness (QED) is 0.596. The average Bonchev–Trinajstić information content (AvgIpc) is 2.48. The molecule has 0 aromatic carbocycles. The molecule has 0 aliphatic carbocycles. The van der Waals surface area contributed by atoms with Gasteiger partial charge in [0.25, 0.3) is 0 Å². The largest absolute Gasteiger partial charge is 0.383 e. The second-order valence-corrected chi connectivity index (χ2v) is 6.04. The maximum absolute atomic E-state index is 11.6. The van der Waals surface area contributed by atoms with Crippen molar-refractivity contribution in [3.05, 3.63) is 0 Å². The number of amides is 1. The van der Waals surface area contributed by atoms with Crippen LogP contribution < -0.4 is 10.6 Å². The van der Waals surface area contributed by atoms with Gasteiger partial charge in [-0.25, -0.2) is 0 Å². The Hall–Kier alpha value is -0.650. The van der Waals surface area contributed by atoms with Crippen LogP contribution in [-0.4, -0.2) is 63.3 Å². The molecule has 21 heavy (non-hydrogen) atoms. The molecule has 2 unspecified atom stereocenters. The number of methoxy groups -OCH3 is 1. The van der Waals surface area contributed by atoms with E-state index in [0.29, 0.717) is 31.5 Å². The molecule has 1 heterocycles. The highest BCUT2D eigenvalue weighted by molar-refractivity contribution is 5.76. The summed E-state index contributed by atoms with van der Waals surface area (Å²) in [5.41, 5.74) is 0. The monoisotopic (exact) mass is 299 g/mol. The Kier molecular flexibility index (Phi) is 9.63. The Morgan fingerprint density at radius 3 is 2.95 bits per heavy atom. The predicted octanol–water partition coefficient (Wildman–Crippen LogP) is 1.24. The van der Waals surface area contributed by atoms with Gasteiger partial charge in [0.1, 0.15) is 0 Å². The van der Waals surface area contributed by atoms with Gasteiger partial charge in [-0.1, -0.05) is 6.92 Å². The first-order valence-corrected chi connectivity index (χ1v) is 8.38. The highest BCUT2D eigenvalue weighted by atomic mass is 16.5. The molecule has 0 spiro atoms. The van der Waals surface area contributed by atoms with Crippen molar-refractivity contribution < 1.29 is 9.53 Å². The molecule has 1 amide bonds. The van der Waals surface area contributed by atoms with E-state index in [4.69, 9.17) is 4.74 Å². The van der Waals surface area contributed by atoms with Gasteiger partial charge in [-0.3, -0.25) is 4.79 Å². The van der Waals surface area contributed by atoms with Crippen molar-refractivity contribution in [2.45, 2.75) is 45.6 Å². The highest BCUT2D eigenvalue weighted by Gasteiger charge is 2.23. The van der Waals surface area contributed by atoms with E-state index in [1.807, 2.05) is 0 Å². The van der Waals surface area contributed by atoms with E-state index in [-0.39, 0.29) is 5.91 Å². The Morgan fingerprint density at radius 2 is 2.24 bits per heavy atom. The summed E-state index contributed by atoms with van der Waals surface area (Å²) in [6, 6.07) is 0.483. The van der Waals surface area contributed by atoms with E-state index < -0.39 is 0 Å². The summed E-state index contributed by atoms with van der Waals surface area (Å²) in [6.07, 6.45) is 4.37. The Morgan fingerprint density at radius 1 is 1.43 bits per heavy atom. The van der Waals surface area contributed by atoms with Gasteiger partial charge in [0.15, 0.2) is 0 Å². The minimum atomic E-state index is 0.100. The smallest absolute Gasteiger partial charge is 0.221 e. The summed E-state index contributed by atoms with van der Waals surface area (Å²) in [6.45, 7) is 10.1. The zero-order chi connectivity index (χ0) is 15.5. The molecule has 1 saturated heterocycles. The van der Waals surface area contributed by atoms with Crippen LogP contribution in [0, 0.1) is 5.92 Å². The number of ether oxygens (including phenoxy) is 1. The van der Waals surface area contributed by atoms with Gasteiger partial charge in [0, 0.05) is 39.2 Å². The molecule has 1 rings (SSSR count). The van der Waals surface area contributed by atoms with Crippen LogP contribution in [0.5, 0.6) is 0 Å². The summed E-state index contributed by atoms with van der Waals surface area (Å²) in [5.74, 6) is 0.810. The fraction of sp³-hybridized carbons (Fsp3) is 0.938. The molecule has 1 fully saturated rings. The first-order valence-electron chi connectivity index (χ1n) is 8.38. The fourth-order valence-electron chi connectivity index (χ4n) is 2.98. The van der Waals surface area contributed by atoms with Gasteiger partial charge in [0.2, 0.25) is 5.91 Å². The second kappa shape index (κ2) is 11.0. The van der Waals surface area contributed by atoms with Gasteiger partial charge < -0.3 is 20.3 Å². The van der Waals surface area contributed by atoms with Crippen LogP contribution in [0.3, 0.4) is 0 Å². The van der Waals surface area contributed by atoms with Crippen LogP contribution in [0.1, 0.15) is 39.5 Å². The number of rotatable bonds is 10. The maximum atomic E-state index is 11.6. The molecular weight excluding hydrogens is 266 g/mol. The van der Waals surface area contributed by atoms with Crippen molar-refractivity contribution in [2.75, 3.05) is 46.4 Å². The van der Waals surface area contributed by atoms with Crippen LogP contribution in [0.15, 0.2) is 0 Å². The van der Waals surface area contributed by atoms with E-state index in [2.05, 4.69) is 29.4 Å². The number of likely N-dealkylation sites (tertiary alicyclic amines) is 1. The molecule has 2 N–H and O–H groups in total. The van der Waals surface area contributed by atoms with E-state index in [1.165, 1.54) is 38.9 Å². The Labute approximate surface area is 129 Å². The van der Waals surface area contributed by atoms with Crippen molar-refractivity contribution in [3.63, 3.8) is 0 Å². The van der Waals surface area contributed by atoms with Crippen molar-refractivity contribution in [1.29, 1.82) is 0 Å². The van der Waals surface area contributed by atoms with Crippen LogP contribution in [0.2, 0.25) is 0 Å². The number of hydrogen-bond donors (Lipinski definition) is 2. The van der Waals surface area contributed by atoms with E-state index in [9.17, 15) is 4.79 Å². The van der Waals surface area contributed by atoms with E-state index >= 15 is 0 Å². The van der Waals surface area contributed by atoms with Crippen molar-refractivity contribution in [3.8, 4) is 0 Å². The molecule has 1 aliphatic heterocycles. The molecule has 2 atom stereocenters. The van der Waals surface area contributed by atoms with Gasteiger partial charge >= 0.3 is 0 Å². The number of nitrogens with one attached hydrogen (secondary N) is 2. The molecule has 0 aromatic heterocycles. The number of carbonyl (C=O) groups excluding carboxylic acids is 1. The normalized spacial score (nSPS) is 21.2. The molecular formula is C16H33N3O2. The zero-order valence-corrected chi connectivity index (χ0v) is 14.0. The van der Waals surface area contributed by atoms with Crippen LogP contribution >= 0.6 is 0 Å². The summed E-state index contributed by atoms with van der Waals surface area (Å²) < 4.78 is 4.91. The molecule has 0 saturated carbocycles. The lowest BCUT2D eigenvalue weighted by Crippen LogP contribution is -2.45. The second-order valence-electron chi connectivity index (χ2n) is 6.04. The average molecular weight is 299 g/mol. The summed E-state index contributed by atoms with van der Waals surface area (Å²) >= 11 is 0. The van der Waals surface area contributed by atoms with Gasteiger partial charge in [-0.2, -0.15) is 0 Å². The van der Waals surface area contributed by atoms with Crippen LogP contribution in [0.4, 0.5) is 0 Å². The third-order valence-electron chi connectivity index (χ3n) is 4.24. The number of nitrogens with zero attached hydrogens (tertiary/aromatic N) is 1. The molecule has 0 radical (unpaired) electrons. The van der Waals surface area contributed by atoms with E-state index in [0.717, 1.165) is 6.54 Å². The van der Waals surface area contributed by atoms with Crippen molar-refractivity contribution in [1.82, 2.24) is 15.5 Å². The van der Waals surface area contributed by atoms with Gasteiger partial charge in [-0.15, -0.1) is 0 Å². The highest BCUT2D eigenvalue weighted by Crippen LogP contribution is 2.19. The first kappa shape index (κ1) is 18.4. The summed E-state index contributed by atoms with van der Waals surface area (Å²) in [4.78, 5) is 14.2. The third-order valence-corrected chi connectivity index (χ3v) is 4.24. The minimum Gasteiger partial charge on any atom is -0.383 e. The molecule has 5 nitrogen and oxygen atoms in total. The third kappa shape index (κ3) is 7.79. The zero-order valence-electron chi connectivity index (χ0n) is 14.0. The lowest BCUT2D eigenvalue weighted by Gasteiger charge is -2.36. The number of carbonyl (C=O) groups is 1. The van der Waals surface area contributed by atoms with Crippen molar-refractivity contribution >= 4 is 5.91 Å². The SMILES string of the molecule is CCCN1CCCC(C(C)NCCC(=O)NCCOC)C1. The summed E-state index contributed by atoms with van der Waals surface area (Å²) in [7, 11) is 1.64. The van der Waals surface area contributed by atoms with Crippen LogP contribution in [-0.2, 0) is 9.53 Å². The van der Waals surface area contributed by atoms with Gasteiger partial charge in [0.05, 0.1) is 6.61 Å². The Balaban J connectivity index is 2.14. The Bertz CT molecular complexity index is 285. The summed E-state index contributed by atoms with van der Waals surface area (Å²) in [5, 5.41) is 6.37. The fourth-order valence-corrected chi connectivity index (χ4v) is 2.98.